The summed E-state index contributed by atoms with van der Waals surface area (Å²) in [6, 6.07) is 6.09. The predicted octanol–water partition coefficient (Wildman–Crippen LogP) is 1.86. The normalized spacial score (nSPS) is 17.1. The highest BCUT2D eigenvalue weighted by Gasteiger charge is 2.18. The second-order valence-electron chi connectivity index (χ2n) is 4.98. The number of methoxy groups -OCH3 is 1. The summed E-state index contributed by atoms with van der Waals surface area (Å²) in [4.78, 5) is 5.32. The first-order valence-electron chi connectivity index (χ1n) is 6.64. The van der Waals surface area contributed by atoms with Crippen LogP contribution in [0.4, 0.5) is 0 Å². The van der Waals surface area contributed by atoms with Crippen molar-refractivity contribution >= 4 is 33.1 Å². The van der Waals surface area contributed by atoms with Crippen molar-refractivity contribution in [3.05, 3.63) is 28.2 Å². The molecule has 20 heavy (non-hydrogen) atoms. The van der Waals surface area contributed by atoms with Gasteiger partial charge in [-0.2, -0.15) is 0 Å². The number of nitrogens with two attached hydrogens (primary N) is 1. The van der Waals surface area contributed by atoms with E-state index < -0.39 is 0 Å². The van der Waals surface area contributed by atoms with Crippen molar-refractivity contribution in [3.8, 4) is 5.75 Å². The molecule has 0 amide bonds. The lowest BCUT2D eigenvalue weighted by Crippen LogP contribution is -2.48. The van der Waals surface area contributed by atoms with Gasteiger partial charge in [0.05, 0.1) is 12.1 Å². The molecular weight excluding hydrogens is 338 g/mol. The van der Waals surface area contributed by atoms with Crippen molar-refractivity contribution in [3.63, 3.8) is 0 Å². The van der Waals surface area contributed by atoms with Crippen molar-refractivity contribution in [1.29, 1.82) is 0 Å². The predicted molar refractivity (Wildman–Crippen MR) is 89.2 cm³/mol. The third kappa shape index (κ3) is 4.41. The third-order valence-electron chi connectivity index (χ3n) is 3.49. The number of hydrogen-bond donors (Lipinski definition) is 1. The lowest BCUT2D eigenvalue weighted by atomic mass is 10.2. The Bertz CT molecular complexity index is 475. The fourth-order valence-electron chi connectivity index (χ4n) is 2.37. The number of ether oxygens (including phenoxy) is 1. The Kier molecular flexibility index (Phi) is 5.77. The van der Waals surface area contributed by atoms with E-state index in [0.717, 1.165) is 49.5 Å². The highest BCUT2D eigenvalue weighted by Crippen LogP contribution is 2.24. The maximum Gasteiger partial charge on any atom is 0.119 e. The van der Waals surface area contributed by atoms with Crippen LogP contribution < -0.4 is 10.5 Å². The van der Waals surface area contributed by atoms with Gasteiger partial charge in [-0.3, -0.25) is 9.80 Å². The van der Waals surface area contributed by atoms with E-state index in [2.05, 4.69) is 31.8 Å². The number of thiocarbonyl (C=S) groups is 1. The monoisotopic (exact) mass is 357 g/mol. The number of halogens is 1. The molecule has 0 bridgehead atoms. The summed E-state index contributed by atoms with van der Waals surface area (Å²) >= 11 is 8.56. The molecule has 2 rings (SSSR count). The first-order chi connectivity index (χ1) is 9.58. The Balaban J connectivity index is 1.90. The summed E-state index contributed by atoms with van der Waals surface area (Å²) in [5.41, 5.74) is 6.85. The van der Waals surface area contributed by atoms with Gasteiger partial charge in [0.15, 0.2) is 0 Å². The highest BCUT2D eigenvalue weighted by atomic mass is 79.9. The summed E-state index contributed by atoms with van der Waals surface area (Å²) < 4.78 is 6.41. The van der Waals surface area contributed by atoms with E-state index in [1.165, 1.54) is 5.56 Å². The summed E-state index contributed by atoms with van der Waals surface area (Å²) in [6.45, 7) is 5.75. The van der Waals surface area contributed by atoms with Gasteiger partial charge >= 0.3 is 0 Å². The zero-order valence-corrected chi connectivity index (χ0v) is 14.0. The fourth-order valence-corrected chi connectivity index (χ4v) is 2.92. The van der Waals surface area contributed by atoms with Crippen LogP contribution in [0.1, 0.15) is 5.56 Å². The molecule has 1 aromatic carbocycles. The summed E-state index contributed by atoms with van der Waals surface area (Å²) in [7, 11) is 1.70. The van der Waals surface area contributed by atoms with E-state index in [9.17, 15) is 0 Å². The van der Waals surface area contributed by atoms with Crippen molar-refractivity contribution in [1.82, 2.24) is 9.80 Å². The quantitative estimate of drug-likeness (QED) is 0.814. The van der Waals surface area contributed by atoms with E-state index in [0.29, 0.717) is 4.99 Å². The maximum atomic E-state index is 5.59. The summed E-state index contributed by atoms with van der Waals surface area (Å²) in [5.74, 6) is 0.898. The minimum atomic E-state index is 0.578. The molecule has 0 spiro atoms. The number of nitrogens with zero attached hydrogens (tertiary/aromatic N) is 2. The molecule has 1 fully saturated rings. The minimum absolute atomic E-state index is 0.578. The van der Waals surface area contributed by atoms with Gasteiger partial charge in [0, 0.05) is 43.7 Å². The lowest BCUT2D eigenvalue weighted by Gasteiger charge is -2.34. The molecule has 0 atom stereocenters. The van der Waals surface area contributed by atoms with Crippen molar-refractivity contribution in [2.75, 3.05) is 39.8 Å². The summed E-state index contributed by atoms with van der Waals surface area (Å²) in [6.07, 6.45) is 0. The van der Waals surface area contributed by atoms with E-state index >= 15 is 0 Å². The molecule has 0 saturated carbocycles. The van der Waals surface area contributed by atoms with Gasteiger partial charge in [-0.15, -0.1) is 0 Å². The number of piperazine rings is 1. The molecule has 110 valence electrons. The van der Waals surface area contributed by atoms with Gasteiger partial charge in [-0.25, -0.2) is 0 Å². The standard InChI is InChI=1S/C14H20BrN3OS/c1-19-12-2-3-13(15)11(8-12)9-17-4-6-18(7-5-17)10-14(16)20/h2-3,8H,4-7,9-10H2,1H3,(H2,16,20). The van der Waals surface area contributed by atoms with Crippen LogP contribution in [0, 0.1) is 0 Å². The molecule has 0 aromatic heterocycles. The molecule has 0 aliphatic carbocycles. The van der Waals surface area contributed by atoms with Crippen LogP contribution in [0.15, 0.2) is 22.7 Å². The topological polar surface area (TPSA) is 41.7 Å². The molecule has 0 radical (unpaired) electrons. The largest absolute Gasteiger partial charge is 0.497 e. The number of hydrogen-bond acceptors (Lipinski definition) is 4. The Labute approximate surface area is 134 Å². The van der Waals surface area contributed by atoms with Crippen LogP contribution in [0.5, 0.6) is 5.75 Å². The van der Waals surface area contributed by atoms with Crippen molar-refractivity contribution in [2.45, 2.75) is 6.54 Å². The molecule has 1 saturated heterocycles. The molecule has 0 unspecified atom stereocenters. The molecule has 2 N–H and O–H groups in total. The van der Waals surface area contributed by atoms with Crippen LogP contribution >= 0.6 is 28.1 Å². The van der Waals surface area contributed by atoms with Crippen LogP contribution in [0.2, 0.25) is 0 Å². The molecular formula is C14H20BrN3OS. The van der Waals surface area contributed by atoms with Crippen molar-refractivity contribution in [2.24, 2.45) is 5.73 Å². The average Bonchev–Trinajstić information content (AvgIpc) is 2.43. The third-order valence-corrected chi connectivity index (χ3v) is 4.39. The molecule has 1 aromatic rings. The van der Waals surface area contributed by atoms with Gasteiger partial charge in [-0.05, 0) is 23.8 Å². The summed E-state index contributed by atoms with van der Waals surface area (Å²) in [5, 5.41) is 0. The molecule has 1 aliphatic rings. The average molecular weight is 358 g/mol. The Morgan fingerprint density at radius 1 is 1.30 bits per heavy atom. The van der Waals surface area contributed by atoms with E-state index in [1.54, 1.807) is 7.11 Å². The molecule has 4 nitrogen and oxygen atoms in total. The molecule has 1 aliphatic heterocycles. The lowest BCUT2D eigenvalue weighted by molar-refractivity contribution is 0.140. The number of rotatable bonds is 5. The van der Waals surface area contributed by atoms with Gasteiger partial charge < -0.3 is 10.5 Å². The minimum Gasteiger partial charge on any atom is -0.497 e. The fraction of sp³-hybridized carbons (Fsp3) is 0.500. The van der Waals surface area contributed by atoms with Crippen LogP contribution in [0.25, 0.3) is 0 Å². The second kappa shape index (κ2) is 7.36. The van der Waals surface area contributed by atoms with Crippen molar-refractivity contribution < 1.29 is 4.74 Å². The number of benzene rings is 1. The van der Waals surface area contributed by atoms with E-state index in [-0.39, 0.29) is 0 Å². The first-order valence-corrected chi connectivity index (χ1v) is 7.84. The van der Waals surface area contributed by atoms with Gasteiger partial charge in [-0.1, -0.05) is 28.1 Å². The highest BCUT2D eigenvalue weighted by molar-refractivity contribution is 9.10. The van der Waals surface area contributed by atoms with E-state index in [4.69, 9.17) is 22.7 Å². The van der Waals surface area contributed by atoms with Crippen LogP contribution in [-0.2, 0) is 6.54 Å². The first kappa shape index (κ1) is 15.7. The Morgan fingerprint density at radius 2 is 1.95 bits per heavy atom. The smallest absolute Gasteiger partial charge is 0.119 e. The zero-order valence-electron chi connectivity index (χ0n) is 11.6. The molecule has 1 heterocycles. The van der Waals surface area contributed by atoms with Crippen LogP contribution in [-0.4, -0.2) is 54.6 Å². The molecule has 6 heteroatoms. The van der Waals surface area contributed by atoms with Gasteiger partial charge in [0.1, 0.15) is 5.75 Å². The van der Waals surface area contributed by atoms with E-state index in [1.807, 2.05) is 12.1 Å². The zero-order chi connectivity index (χ0) is 14.5. The SMILES string of the molecule is COc1ccc(Br)c(CN2CCN(CC(N)=S)CC2)c1. The second-order valence-corrected chi connectivity index (χ2v) is 6.35. The Hall–Kier alpha value is -0.690. The maximum absolute atomic E-state index is 5.59. The Morgan fingerprint density at radius 3 is 2.55 bits per heavy atom. The van der Waals surface area contributed by atoms with Crippen LogP contribution in [0.3, 0.4) is 0 Å². The van der Waals surface area contributed by atoms with Gasteiger partial charge in [0.25, 0.3) is 0 Å². The van der Waals surface area contributed by atoms with Gasteiger partial charge in [0.2, 0.25) is 0 Å².